The van der Waals surface area contributed by atoms with Crippen molar-refractivity contribution < 1.29 is 0 Å². The first-order valence-corrected chi connectivity index (χ1v) is 32.5. The summed E-state index contributed by atoms with van der Waals surface area (Å²) >= 11 is 0. The van der Waals surface area contributed by atoms with Crippen molar-refractivity contribution in [2.75, 3.05) is 0 Å². The van der Waals surface area contributed by atoms with E-state index in [1.165, 1.54) is 143 Å². The fourth-order valence-electron chi connectivity index (χ4n) is 13.6. The lowest BCUT2D eigenvalue weighted by molar-refractivity contribution is 0.660. The highest BCUT2D eigenvalue weighted by Gasteiger charge is 2.38. The van der Waals surface area contributed by atoms with Crippen LogP contribution in [0.3, 0.4) is 0 Å². The molecule has 0 spiro atoms. The number of fused-ring (bicyclic) bond motifs is 6. The Kier molecular flexibility index (Phi) is 8.37. The molecule has 12 aromatic rings. The standard InChI is InChI=1S/C68H58Si2/c1-67(2)57-35-43(17-25-49(57)51-27-19-45(37-59(51)67)47-23-11-39-15-31-55-61(69(5,6)7)33-21-41-13-29-53(47)63(39)65(41)55)44-18-26-50-52-28-20-46(38-60(52)68(3,4)58(50)36-44)48-24-12-40-16-32-56-62(70(8,9)10)34-22-42-14-30-54(48)64(40)66(42)56/h11-38H,1-10H3. The Balaban J connectivity index is 0.815. The summed E-state index contributed by atoms with van der Waals surface area (Å²) in [5, 5.41) is 19.7. The lowest BCUT2D eigenvalue weighted by atomic mass is 9.79. The van der Waals surface area contributed by atoms with Gasteiger partial charge in [-0.3, -0.25) is 0 Å². The second-order valence-electron chi connectivity index (χ2n) is 24.1. The number of rotatable bonds is 5. The summed E-state index contributed by atoms with van der Waals surface area (Å²) in [6.45, 7) is 24.5. The van der Waals surface area contributed by atoms with E-state index in [1.807, 2.05) is 0 Å². The van der Waals surface area contributed by atoms with Gasteiger partial charge in [-0.2, -0.15) is 0 Å². The molecule has 2 aliphatic rings. The van der Waals surface area contributed by atoms with Gasteiger partial charge in [0.2, 0.25) is 0 Å². The van der Waals surface area contributed by atoms with Crippen LogP contribution in [0.2, 0.25) is 39.3 Å². The van der Waals surface area contributed by atoms with E-state index in [0.29, 0.717) is 0 Å². The molecule has 0 amide bonds. The van der Waals surface area contributed by atoms with E-state index >= 15 is 0 Å². The third kappa shape index (κ3) is 5.69. The highest BCUT2D eigenvalue weighted by Crippen LogP contribution is 2.54. The number of benzene rings is 12. The Labute approximate surface area is 414 Å². The minimum atomic E-state index is -1.55. The van der Waals surface area contributed by atoms with Crippen LogP contribution in [-0.4, -0.2) is 16.1 Å². The quantitative estimate of drug-likeness (QED) is 0.119. The summed E-state index contributed by atoms with van der Waals surface area (Å²) in [5.41, 5.74) is 18.5. The maximum absolute atomic E-state index is 2.50. The molecule has 2 heteroatoms. The Bertz CT molecular complexity index is 3970. The zero-order chi connectivity index (χ0) is 48.0. The average Bonchev–Trinajstić information content (AvgIpc) is 3.71. The summed E-state index contributed by atoms with van der Waals surface area (Å²) in [6.07, 6.45) is 0. The lowest BCUT2D eigenvalue weighted by Gasteiger charge is -2.24. The monoisotopic (exact) mass is 930 g/mol. The predicted octanol–water partition coefficient (Wildman–Crippen LogP) is 18.2. The molecular weight excluding hydrogens is 873 g/mol. The molecule has 0 nitrogen and oxygen atoms in total. The first-order chi connectivity index (χ1) is 33.5. The van der Waals surface area contributed by atoms with Crippen LogP contribution in [0.5, 0.6) is 0 Å². The zero-order valence-electron chi connectivity index (χ0n) is 42.2. The van der Waals surface area contributed by atoms with Crippen LogP contribution in [-0.2, 0) is 10.8 Å². The van der Waals surface area contributed by atoms with Crippen molar-refractivity contribution >= 4 is 91.2 Å². The molecule has 0 saturated carbocycles. The Hall–Kier alpha value is -6.85. The van der Waals surface area contributed by atoms with E-state index in [1.54, 1.807) is 10.4 Å². The molecule has 0 saturated heterocycles. The Morgan fingerprint density at radius 1 is 0.257 bits per heavy atom. The van der Waals surface area contributed by atoms with Gasteiger partial charge in [0.05, 0.1) is 16.1 Å². The van der Waals surface area contributed by atoms with Crippen molar-refractivity contribution in [3.8, 4) is 55.6 Å². The fraction of sp³-hybridized carbons (Fsp3) is 0.176. The van der Waals surface area contributed by atoms with Crippen molar-refractivity contribution in [3.05, 3.63) is 192 Å². The minimum Gasteiger partial charge on any atom is -0.0656 e. The molecule has 2 aliphatic carbocycles. The second kappa shape index (κ2) is 13.9. The Morgan fingerprint density at radius 2 is 0.514 bits per heavy atom. The van der Waals surface area contributed by atoms with Gasteiger partial charge in [-0.1, -0.05) is 223 Å². The van der Waals surface area contributed by atoms with Crippen molar-refractivity contribution in [2.24, 2.45) is 0 Å². The fourth-order valence-corrected chi connectivity index (χ4v) is 16.8. The maximum atomic E-state index is 2.50. The molecule has 0 atom stereocenters. The molecule has 0 aromatic heterocycles. The zero-order valence-corrected chi connectivity index (χ0v) is 44.2. The molecule has 0 fully saturated rings. The molecule has 70 heavy (non-hydrogen) atoms. The molecule has 14 rings (SSSR count). The maximum Gasteiger partial charge on any atom is 0.0784 e. The van der Waals surface area contributed by atoms with Gasteiger partial charge in [-0.05, 0) is 167 Å². The third-order valence-electron chi connectivity index (χ3n) is 17.3. The molecule has 0 N–H and O–H groups in total. The lowest BCUT2D eigenvalue weighted by Crippen LogP contribution is -2.38. The SMILES string of the molecule is CC1(C)c2cc(-c3ccc4c(c3)C(C)(C)c3cc(-c5ccc6ccc7c([Si](C)(C)C)ccc8ccc5c6c87)ccc3-4)ccc2-c2ccc(-c3ccc4ccc5c([Si](C)(C)C)ccc6ccc3c4c65)cc21. The van der Waals surface area contributed by atoms with Crippen LogP contribution in [0.4, 0.5) is 0 Å². The smallest absolute Gasteiger partial charge is 0.0656 e. The van der Waals surface area contributed by atoms with E-state index in [4.69, 9.17) is 0 Å². The molecule has 338 valence electrons. The summed E-state index contributed by atoms with van der Waals surface area (Å²) in [4.78, 5) is 0. The molecule has 0 aliphatic heterocycles. The van der Waals surface area contributed by atoms with E-state index in [2.05, 4.69) is 237 Å². The topological polar surface area (TPSA) is 0 Å². The van der Waals surface area contributed by atoms with Crippen LogP contribution in [0.25, 0.3) is 120 Å². The average molecular weight is 931 g/mol. The van der Waals surface area contributed by atoms with Gasteiger partial charge in [-0.15, -0.1) is 0 Å². The van der Waals surface area contributed by atoms with Gasteiger partial charge in [0.15, 0.2) is 0 Å². The second-order valence-corrected chi connectivity index (χ2v) is 34.2. The molecule has 12 aromatic carbocycles. The molecule has 0 unspecified atom stereocenters. The van der Waals surface area contributed by atoms with Crippen molar-refractivity contribution in [3.63, 3.8) is 0 Å². The van der Waals surface area contributed by atoms with E-state index in [-0.39, 0.29) is 10.8 Å². The summed E-state index contributed by atoms with van der Waals surface area (Å²) in [6, 6.07) is 66.9. The van der Waals surface area contributed by atoms with Gasteiger partial charge < -0.3 is 0 Å². The molecule has 0 heterocycles. The van der Waals surface area contributed by atoms with E-state index < -0.39 is 16.1 Å². The summed E-state index contributed by atoms with van der Waals surface area (Å²) in [7, 11) is -3.09. The third-order valence-corrected chi connectivity index (χ3v) is 21.4. The van der Waals surface area contributed by atoms with Gasteiger partial charge >= 0.3 is 0 Å². The largest absolute Gasteiger partial charge is 0.0784 e. The number of hydrogen-bond donors (Lipinski definition) is 0. The van der Waals surface area contributed by atoms with Crippen molar-refractivity contribution in [1.29, 1.82) is 0 Å². The summed E-state index contributed by atoms with van der Waals surface area (Å²) < 4.78 is 0. The molecule has 0 bridgehead atoms. The van der Waals surface area contributed by atoms with Crippen LogP contribution in [0.15, 0.2) is 170 Å². The predicted molar refractivity (Wildman–Crippen MR) is 311 cm³/mol. The normalized spacial score (nSPS) is 14.9. The highest BCUT2D eigenvalue weighted by atomic mass is 28.3. The van der Waals surface area contributed by atoms with Gasteiger partial charge in [0, 0.05) is 10.8 Å². The van der Waals surface area contributed by atoms with Crippen LogP contribution in [0, 0.1) is 0 Å². The molecule has 0 radical (unpaired) electrons. The first kappa shape index (κ1) is 42.1. The van der Waals surface area contributed by atoms with Gasteiger partial charge in [0.1, 0.15) is 0 Å². The van der Waals surface area contributed by atoms with Crippen LogP contribution in [0.1, 0.15) is 49.9 Å². The minimum absolute atomic E-state index is 0.156. The van der Waals surface area contributed by atoms with Gasteiger partial charge in [0.25, 0.3) is 0 Å². The highest BCUT2D eigenvalue weighted by molar-refractivity contribution is 6.91. The van der Waals surface area contributed by atoms with Crippen molar-refractivity contribution in [1.82, 2.24) is 0 Å². The van der Waals surface area contributed by atoms with Gasteiger partial charge in [-0.25, -0.2) is 0 Å². The first-order valence-electron chi connectivity index (χ1n) is 25.5. The van der Waals surface area contributed by atoms with Crippen LogP contribution >= 0.6 is 0 Å². The van der Waals surface area contributed by atoms with E-state index in [0.717, 1.165) is 0 Å². The van der Waals surface area contributed by atoms with Crippen molar-refractivity contribution in [2.45, 2.75) is 77.8 Å². The summed E-state index contributed by atoms with van der Waals surface area (Å²) in [5.74, 6) is 0. The molecular formula is C68H58Si2. The van der Waals surface area contributed by atoms with Crippen LogP contribution < -0.4 is 10.4 Å². The van der Waals surface area contributed by atoms with E-state index in [9.17, 15) is 0 Å². The number of hydrogen-bond acceptors (Lipinski definition) is 0. The Morgan fingerprint density at radius 3 is 0.857 bits per heavy atom.